The zero-order valence-corrected chi connectivity index (χ0v) is 17.9. The van der Waals surface area contributed by atoms with Gasteiger partial charge in [0.2, 0.25) is 0 Å². The molecule has 0 aliphatic rings. The summed E-state index contributed by atoms with van der Waals surface area (Å²) in [4.78, 5) is 0. The fourth-order valence-corrected chi connectivity index (χ4v) is 5.05. The van der Waals surface area contributed by atoms with Gasteiger partial charge >= 0.3 is 0 Å². The first kappa shape index (κ1) is 22.6. The quantitative estimate of drug-likeness (QED) is 0.319. The molecule has 0 saturated heterocycles. The minimum atomic E-state index is 0.747. The van der Waals surface area contributed by atoms with E-state index in [-0.39, 0.29) is 0 Å². The Kier molecular flexibility index (Phi) is 13.3. The van der Waals surface area contributed by atoms with Gasteiger partial charge in [0.05, 0.1) is 0 Å². The molecule has 0 rings (SSSR count). The van der Waals surface area contributed by atoms with Crippen LogP contribution < -0.4 is 0 Å². The monoisotopic (exact) mass is 348 g/mol. The molecule has 0 aromatic rings. The lowest BCUT2D eigenvalue weighted by atomic mass is 10.2. The number of nitrogens with zero attached hydrogens (tertiary/aromatic N) is 2. The highest BCUT2D eigenvalue weighted by Gasteiger charge is 2.12. The van der Waals surface area contributed by atoms with E-state index in [1.54, 1.807) is 0 Å². The summed E-state index contributed by atoms with van der Waals surface area (Å²) >= 11 is 4.09. The molecule has 0 heterocycles. The Hall–Kier alpha value is 0.620. The van der Waals surface area contributed by atoms with Gasteiger partial charge in [0.15, 0.2) is 0 Å². The minimum absolute atomic E-state index is 0.747. The third kappa shape index (κ3) is 14.2. The molecule has 0 spiro atoms. The average molecular weight is 349 g/mol. The van der Waals surface area contributed by atoms with Crippen LogP contribution in [0.4, 0.5) is 0 Å². The van der Waals surface area contributed by atoms with Crippen LogP contribution in [0.3, 0.4) is 0 Å². The van der Waals surface area contributed by atoms with E-state index in [4.69, 9.17) is 0 Å². The Morgan fingerprint density at radius 2 is 0.727 bits per heavy atom. The van der Waals surface area contributed by atoms with Crippen LogP contribution in [-0.4, -0.2) is 46.3 Å². The van der Waals surface area contributed by atoms with Crippen molar-refractivity contribution in [3.05, 3.63) is 0 Å². The Labute approximate surface area is 149 Å². The van der Waals surface area contributed by atoms with E-state index in [1.165, 1.54) is 37.7 Å². The SMILES string of the molecule is CC(C)CN(CC(C)C)SCCSN(CC(C)C)CC(C)C. The van der Waals surface area contributed by atoms with Crippen molar-refractivity contribution in [2.45, 2.75) is 55.4 Å². The summed E-state index contributed by atoms with van der Waals surface area (Å²) in [5.41, 5.74) is 0. The molecule has 0 aliphatic heterocycles. The maximum atomic E-state index is 2.57. The maximum Gasteiger partial charge on any atom is 0.0184 e. The van der Waals surface area contributed by atoms with Crippen LogP contribution in [-0.2, 0) is 0 Å². The molecule has 134 valence electrons. The van der Waals surface area contributed by atoms with Gasteiger partial charge in [-0.3, -0.25) is 8.61 Å². The maximum absolute atomic E-state index is 2.57. The van der Waals surface area contributed by atoms with Gasteiger partial charge in [0.25, 0.3) is 0 Å². The smallest absolute Gasteiger partial charge is 0.0184 e. The summed E-state index contributed by atoms with van der Waals surface area (Å²) < 4.78 is 5.15. The van der Waals surface area contributed by atoms with Gasteiger partial charge in [-0.2, -0.15) is 0 Å². The predicted octanol–water partition coefficient (Wildman–Crippen LogP) is 5.51. The van der Waals surface area contributed by atoms with Crippen LogP contribution in [0.15, 0.2) is 0 Å². The van der Waals surface area contributed by atoms with Crippen LogP contribution in [0.5, 0.6) is 0 Å². The Balaban J connectivity index is 4.10. The Morgan fingerprint density at radius 1 is 0.500 bits per heavy atom. The fraction of sp³-hybridized carbons (Fsp3) is 1.00. The summed E-state index contributed by atoms with van der Waals surface area (Å²) in [5.74, 6) is 5.43. The molecule has 0 atom stereocenters. The average Bonchev–Trinajstić information content (AvgIpc) is 2.31. The molecule has 4 heteroatoms. The fourth-order valence-electron chi connectivity index (χ4n) is 2.32. The van der Waals surface area contributed by atoms with Crippen molar-refractivity contribution >= 4 is 23.9 Å². The largest absolute Gasteiger partial charge is 0.250 e. The van der Waals surface area contributed by atoms with E-state index in [0.717, 1.165) is 23.7 Å². The molecule has 0 aliphatic carbocycles. The second kappa shape index (κ2) is 13.0. The first-order chi connectivity index (χ1) is 10.2. The van der Waals surface area contributed by atoms with E-state index in [9.17, 15) is 0 Å². The molecule has 0 aromatic heterocycles. The van der Waals surface area contributed by atoms with Crippen LogP contribution in [0, 0.1) is 23.7 Å². The van der Waals surface area contributed by atoms with Crippen molar-refractivity contribution in [2.24, 2.45) is 23.7 Å². The van der Waals surface area contributed by atoms with Crippen molar-refractivity contribution in [1.29, 1.82) is 0 Å². The van der Waals surface area contributed by atoms with Gasteiger partial charge in [-0.05, 0) is 23.7 Å². The van der Waals surface area contributed by atoms with Gasteiger partial charge in [0, 0.05) is 37.7 Å². The van der Waals surface area contributed by atoms with Crippen LogP contribution in [0.2, 0.25) is 0 Å². The summed E-state index contributed by atoms with van der Waals surface area (Å²) in [5, 5.41) is 0. The van der Waals surface area contributed by atoms with Gasteiger partial charge in [-0.1, -0.05) is 79.3 Å². The van der Waals surface area contributed by atoms with E-state index in [2.05, 4.69) is 64.0 Å². The van der Waals surface area contributed by atoms with Crippen LogP contribution >= 0.6 is 23.9 Å². The minimum Gasteiger partial charge on any atom is -0.250 e. The molecule has 0 amide bonds. The van der Waals surface area contributed by atoms with Crippen molar-refractivity contribution in [2.75, 3.05) is 37.7 Å². The molecule has 2 nitrogen and oxygen atoms in total. The highest BCUT2D eigenvalue weighted by atomic mass is 32.2. The highest BCUT2D eigenvalue weighted by Crippen LogP contribution is 2.20. The molecule has 22 heavy (non-hydrogen) atoms. The molecule has 0 aromatic carbocycles. The third-order valence-electron chi connectivity index (χ3n) is 2.91. The molecule has 0 saturated carbocycles. The lowest BCUT2D eigenvalue weighted by Gasteiger charge is -2.27. The molecular formula is C18H40N2S2. The molecule has 0 bridgehead atoms. The molecule has 0 unspecified atom stereocenters. The second-order valence-electron chi connectivity index (χ2n) is 7.94. The Morgan fingerprint density at radius 3 is 0.909 bits per heavy atom. The zero-order chi connectivity index (χ0) is 17.1. The topological polar surface area (TPSA) is 6.48 Å². The van der Waals surface area contributed by atoms with Crippen molar-refractivity contribution < 1.29 is 0 Å². The van der Waals surface area contributed by atoms with Crippen LogP contribution in [0.25, 0.3) is 0 Å². The van der Waals surface area contributed by atoms with E-state index in [0.29, 0.717) is 0 Å². The lowest BCUT2D eigenvalue weighted by molar-refractivity contribution is 0.363. The first-order valence-corrected chi connectivity index (χ1v) is 10.8. The van der Waals surface area contributed by atoms with Crippen molar-refractivity contribution in [3.8, 4) is 0 Å². The number of rotatable bonds is 13. The summed E-state index contributed by atoms with van der Waals surface area (Å²) in [6.45, 7) is 23.3. The predicted molar refractivity (Wildman–Crippen MR) is 107 cm³/mol. The molecule has 0 radical (unpaired) electrons. The van der Waals surface area contributed by atoms with E-state index in [1.807, 2.05) is 23.9 Å². The van der Waals surface area contributed by atoms with Gasteiger partial charge in [-0.25, -0.2) is 0 Å². The van der Waals surface area contributed by atoms with Crippen molar-refractivity contribution in [3.63, 3.8) is 0 Å². The molecule has 0 N–H and O–H groups in total. The van der Waals surface area contributed by atoms with Gasteiger partial charge in [-0.15, -0.1) is 0 Å². The standard InChI is InChI=1S/C18H40N2S2/c1-15(2)11-19(12-16(3)4)21-9-10-22-20(13-17(5)6)14-18(7)8/h15-18H,9-14H2,1-8H3. The number of hydrogen-bond donors (Lipinski definition) is 0. The summed E-state index contributed by atoms with van der Waals surface area (Å²) in [6.07, 6.45) is 0. The summed E-state index contributed by atoms with van der Waals surface area (Å²) in [6, 6.07) is 0. The van der Waals surface area contributed by atoms with E-state index < -0.39 is 0 Å². The molecular weight excluding hydrogens is 308 g/mol. The molecule has 0 fully saturated rings. The highest BCUT2D eigenvalue weighted by molar-refractivity contribution is 8.00. The van der Waals surface area contributed by atoms with Gasteiger partial charge < -0.3 is 0 Å². The first-order valence-electron chi connectivity index (χ1n) is 8.96. The Bertz CT molecular complexity index is 209. The number of hydrogen-bond acceptors (Lipinski definition) is 4. The second-order valence-corrected chi connectivity index (χ2v) is 10.3. The van der Waals surface area contributed by atoms with E-state index >= 15 is 0 Å². The summed E-state index contributed by atoms with van der Waals surface area (Å²) in [7, 11) is 0. The van der Waals surface area contributed by atoms with Crippen molar-refractivity contribution in [1.82, 2.24) is 8.61 Å². The normalized spacial score (nSPS) is 12.8. The lowest BCUT2D eigenvalue weighted by Crippen LogP contribution is -2.27. The van der Waals surface area contributed by atoms with Crippen LogP contribution in [0.1, 0.15) is 55.4 Å². The third-order valence-corrected chi connectivity index (χ3v) is 5.26. The van der Waals surface area contributed by atoms with Gasteiger partial charge in [0.1, 0.15) is 0 Å². The zero-order valence-electron chi connectivity index (χ0n) is 16.3.